The summed E-state index contributed by atoms with van der Waals surface area (Å²) < 4.78 is 11.3. The van der Waals surface area contributed by atoms with E-state index in [4.69, 9.17) is 9.47 Å². The van der Waals surface area contributed by atoms with Gasteiger partial charge in [0.1, 0.15) is 36.9 Å². The minimum atomic E-state index is -0.694. The van der Waals surface area contributed by atoms with Crippen molar-refractivity contribution in [1.82, 2.24) is 10.6 Å². The fourth-order valence-corrected chi connectivity index (χ4v) is 2.24. The molecule has 0 aliphatic carbocycles. The number of rotatable bonds is 13. The second kappa shape index (κ2) is 11.9. The van der Waals surface area contributed by atoms with Crippen LogP contribution >= 0.6 is 0 Å². The predicted octanol–water partition coefficient (Wildman–Crippen LogP) is 1.36. The number of hydrogen-bond donors (Lipinski definition) is 4. The lowest BCUT2D eigenvalue weighted by Crippen LogP contribution is -2.35. The van der Waals surface area contributed by atoms with E-state index >= 15 is 0 Å². The van der Waals surface area contributed by atoms with Gasteiger partial charge in [0.15, 0.2) is 5.78 Å². The molecule has 4 N–H and O–H groups in total. The van der Waals surface area contributed by atoms with Gasteiger partial charge in [-0.25, -0.2) is 0 Å². The average Bonchev–Trinajstić information content (AvgIpc) is 2.60. The van der Waals surface area contributed by atoms with Crippen LogP contribution in [-0.2, 0) is 0 Å². The molecule has 27 heavy (non-hydrogen) atoms. The van der Waals surface area contributed by atoms with E-state index in [0.717, 1.165) is 0 Å². The highest BCUT2D eigenvalue weighted by Gasteiger charge is 2.14. The fraction of sp³-hybridized carbons (Fsp3) is 0.650. The van der Waals surface area contributed by atoms with Crippen LogP contribution in [0.1, 0.15) is 45.0 Å². The summed E-state index contributed by atoms with van der Waals surface area (Å²) >= 11 is 0. The van der Waals surface area contributed by atoms with Gasteiger partial charge in [-0.2, -0.15) is 0 Å². The SMILES string of the molecule is CC(=O)c1ccc(OCC(O)CNC(C)C)cc1OCC(O)CNC(C)C. The molecule has 0 aliphatic heterocycles. The number of aliphatic hydroxyl groups is 2. The van der Waals surface area contributed by atoms with Gasteiger partial charge in [0, 0.05) is 31.2 Å². The monoisotopic (exact) mass is 382 g/mol. The third-order valence-electron chi connectivity index (χ3n) is 3.73. The minimum absolute atomic E-state index is 0.0599. The van der Waals surface area contributed by atoms with Crippen LogP contribution in [0.3, 0.4) is 0 Å². The molecule has 154 valence electrons. The molecule has 0 fully saturated rings. The topological polar surface area (TPSA) is 100 Å². The lowest BCUT2D eigenvalue weighted by molar-refractivity contribution is 0.0957. The van der Waals surface area contributed by atoms with E-state index in [2.05, 4.69) is 10.6 Å². The Morgan fingerprint density at radius 2 is 1.48 bits per heavy atom. The van der Waals surface area contributed by atoms with Gasteiger partial charge < -0.3 is 30.3 Å². The van der Waals surface area contributed by atoms with Crippen molar-refractivity contribution in [1.29, 1.82) is 0 Å². The Bertz CT molecular complexity index is 577. The summed E-state index contributed by atoms with van der Waals surface area (Å²) in [6.45, 7) is 10.5. The molecule has 1 aromatic carbocycles. The molecule has 1 aromatic rings. The molecule has 0 bridgehead atoms. The molecule has 7 nitrogen and oxygen atoms in total. The Labute approximate surface area is 162 Å². The molecule has 2 unspecified atom stereocenters. The highest BCUT2D eigenvalue weighted by atomic mass is 16.5. The van der Waals surface area contributed by atoms with Crippen LogP contribution in [0.2, 0.25) is 0 Å². The van der Waals surface area contributed by atoms with Crippen molar-refractivity contribution in [3.8, 4) is 11.5 Å². The van der Waals surface area contributed by atoms with E-state index in [1.807, 2.05) is 27.7 Å². The van der Waals surface area contributed by atoms with Gasteiger partial charge in [-0.15, -0.1) is 0 Å². The number of ketones is 1. The Morgan fingerprint density at radius 3 is 1.96 bits per heavy atom. The molecule has 7 heteroatoms. The summed E-state index contributed by atoms with van der Waals surface area (Å²) in [5.74, 6) is 0.722. The van der Waals surface area contributed by atoms with Crippen LogP contribution in [-0.4, -0.2) is 66.6 Å². The van der Waals surface area contributed by atoms with Crippen LogP contribution < -0.4 is 20.1 Å². The summed E-state index contributed by atoms with van der Waals surface area (Å²) in [7, 11) is 0. The van der Waals surface area contributed by atoms with Crippen molar-refractivity contribution >= 4 is 5.78 Å². The molecule has 0 saturated carbocycles. The van der Waals surface area contributed by atoms with Gasteiger partial charge in [0.25, 0.3) is 0 Å². The summed E-state index contributed by atoms with van der Waals surface area (Å²) in [5.41, 5.74) is 0.424. The number of benzene rings is 1. The van der Waals surface area contributed by atoms with E-state index in [0.29, 0.717) is 30.2 Å². The quantitative estimate of drug-likeness (QED) is 0.382. The first kappa shape index (κ1) is 23.4. The molecule has 0 aliphatic rings. The van der Waals surface area contributed by atoms with Crippen molar-refractivity contribution in [3.63, 3.8) is 0 Å². The summed E-state index contributed by atoms with van der Waals surface area (Å²) in [5, 5.41) is 26.2. The molecular formula is C20H34N2O5. The lowest BCUT2D eigenvalue weighted by Gasteiger charge is -2.18. The van der Waals surface area contributed by atoms with Crippen LogP contribution in [0.5, 0.6) is 11.5 Å². The zero-order chi connectivity index (χ0) is 20.4. The maximum atomic E-state index is 11.8. The normalized spacial score (nSPS) is 13.7. The van der Waals surface area contributed by atoms with Crippen LogP contribution in [0.25, 0.3) is 0 Å². The number of nitrogens with one attached hydrogen (secondary N) is 2. The second-order valence-corrected chi connectivity index (χ2v) is 7.27. The maximum absolute atomic E-state index is 11.8. The highest BCUT2D eigenvalue weighted by molar-refractivity contribution is 5.97. The zero-order valence-corrected chi connectivity index (χ0v) is 17.0. The molecule has 1 rings (SSSR count). The van der Waals surface area contributed by atoms with Crippen molar-refractivity contribution in [2.45, 2.75) is 58.9 Å². The largest absolute Gasteiger partial charge is 0.491 e. The Morgan fingerprint density at radius 1 is 0.963 bits per heavy atom. The van der Waals surface area contributed by atoms with Crippen molar-refractivity contribution < 1.29 is 24.5 Å². The van der Waals surface area contributed by atoms with Crippen LogP contribution in [0, 0.1) is 0 Å². The van der Waals surface area contributed by atoms with Gasteiger partial charge in [-0.1, -0.05) is 27.7 Å². The van der Waals surface area contributed by atoms with Gasteiger partial charge in [-0.05, 0) is 19.1 Å². The summed E-state index contributed by atoms with van der Waals surface area (Å²) in [6.07, 6.45) is -1.34. The second-order valence-electron chi connectivity index (χ2n) is 7.27. The van der Waals surface area contributed by atoms with E-state index < -0.39 is 12.2 Å². The number of ether oxygens (including phenoxy) is 2. The van der Waals surface area contributed by atoms with Gasteiger partial charge in [0.2, 0.25) is 0 Å². The first-order valence-electron chi connectivity index (χ1n) is 9.42. The first-order valence-corrected chi connectivity index (χ1v) is 9.42. The number of Topliss-reactive ketones (excluding diaryl/α,β-unsaturated/α-hetero) is 1. The molecular weight excluding hydrogens is 348 g/mol. The fourth-order valence-electron chi connectivity index (χ4n) is 2.24. The Hall–Kier alpha value is -1.67. The molecule has 0 amide bonds. The van der Waals surface area contributed by atoms with E-state index in [1.165, 1.54) is 6.92 Å². The van der Waals surface area contributed by atoms with Crippen molar-refractivity contribution in [3.05, 3.63) is 23.8 Å². The maximum Gasteiger partial charge on any atom is 0.163 e. The number of aliphatic hydroxyl groups excluding tert-OH is 2. The smallest absolute Gasteiger partial charge is 0.163 e. The van der Waals surface area contributed by atoms with E-state index in [-0.39, 0.29) is 31.1 Å². The summed E-state index contributed by atoms with van der Waals surface area (Å²) in [6, 6.07) is 5.46. The summed E-state index contributed by atoms with van der Waals surface area (Å²) in [4.78, 5) is 11.8. The Balaban J connectivity index is 2.66. The van der Waals surface area contributed by atoms with Gasteiger partial charge >= 0.3 is 0 Å². The number of carbonyl (C=O) groups excluding carboxylic acids is 1. The van der Waals surface area contributed by atoms with E-state index in [1.54, 1.807) is 18.2 Å². The first-order chi connectivity index (χ1) is 12.7. The third kappa shape index (κ3) is 9.72. The Kier molecular flexibility index (Phi) is 10.3. The van der Waals surface area contributed by atoms with Crippen molar-refractivity contribution in [2.24, 2.45) is 0 Å². The van der Waals surface area contributed by atoms with Crippen molar-refractivity contribution in [2.75, 3.05) is 26.3 Å². The van der Waals surface area contributed by atoms with E-state index in [9.17, 15) is 15.0 Å². The van der Waals surface area contributed by atoms with Gasteiger partial charge in [0.05, 0.1) is 5.56 Å². The predicted molar refractivity (Wildman–Crippen MR) is 106 cm³/mol. The zero-order valence-electron chi connectivity index (χ0n) is 17.0. The standard InChI is InChI=1S/C20H34N2O5/c1-13(2)21-9-16(24)11-26-18-6-7-19(15(5)23)20(8-18)27-12-17(25)10-22-14(3)4/h6-8,13-14,16-17,21-22,24-25H,9-12H2,1-5H3. The number of hydrogen-bond acceptors (Lipinski definition) is 7. The third-order valence-corrected chi connectivity index (χ3v) is 3.73. The molecule has 0 saturated heterocycles. The lowest BCUT2D eigenvalue weighted by atomic mass is 10.1. The molecule has 0 heterocycles. The number of carbonyl (C=O) groups is 1. The minimum Gasteiger partial charge on any atom is -0.491 e. The van der Waals surface area contributed by atoms with Crippen LogP contribution in [0.15, 0.2) is 18.2 Å². The molecule has 0 spiro atoms. The molecule has 0 aromatic heterocycles. The average molecular weight is 383 g/mol. The molecule has 2 atom stereocenters. The van der Waals surface area contributed by atoms with Crippen LogP contribution in [0.4, 0.5) is 0 Å². The molecule has 0 radical (unpaired) electrons. The van der Waals surface area contributed by atoms with Gasteiger partial charge in [-0.3, -0.25) is 4.79 Å². The highest BCUT2D eigenvalue weighted by Crippen LogP contribution is 2.26.